The minimum absolute atomic E-state index is 0.813. The zero-order chi connectivity index (χ0) is 26.2. The van der Waals surface area contributed by atoms with Crippen LogP contribution in [-0.2, 0) is 0 Å². The summed E-state index contributed by atoms with van der Waals surface area (Å²) < 4.78 is 6.59. The van der Waals surface area contributed by atoms with Gasteiger partial charge < -0.3 is 9.73 Å². The highest BCUT2D eigenvalue weighted by Gasteiger charge is 2.17. The van der Waals surface area contributed by atoms with Gasteiger partial charge in [-0.15, -0.1) is 0 Å². The van der Waals surface area contributed by atoms with E-state index < -0.39 is 0 Å². The predicted molar refractivity (Wildman–Crippen MR) is 159 cm³/mol. The smallest absolute Gasteiger partial charge is 0.137 e. The quantitative estimate of drug-likeness (QED) is 0.248. The molecule has 0 amide bonds. The lowest BCUT2D eigenvalue weighted by atomic mass is 9.93. The second-order valence-electron chi connectivity index (χ2n) is 9.98. The molecule has 1 N–H and O–H groups in total. The number of rotatable bonds is 4. The van der Waals surface area contributed by atoms with Gasteiger partial charge in [0.25, 0.3) is 0 Å². The van der Waals surface area contributed by atoms with E-state index in [1.165, 1.54) is 16.7 Å². The molecule has 0 spiro atoms. The van der Waals surface area contributed by atoms with E-state index in [1.807, 2.05) is 0 Å². The molecule has 0 saturated heterocycles. The lowest BCUT2D eigenvalue weighted by molar-refractivity contribution is 0.619. The molecule has 38 heavy (non-hydrogen) atoms. The molecule has 0 fully saturated rings. The summed E-state index contributed by atoms with van der Waals surface area (Å²) in [6.07, 6.45) is 0. The second kappa shape index (κ2) is 9.68. The largest absolute Gasteiger partial charge is 0.456 e. The fourth-order valence-corrected chi connectivity index (χ4v) is 5.21. The SMILES string of the molecule is Cc1cccc(C)c1N=c1ccc2c(-c3ccccc3)c3ccc(Nc4c(C)cccc4C)cc3oc-2c1. The fourth-order valence-electron chi connectivity index (χ4n) is 5.21. The van der Waals surface area contributed by atoms with Crippen molar-refractivity contribution in [1.82, 2.24) is 0 Å². The van der Waals surface area contributed by atoms with Crippen molar-refractivity contribution in [3.05, 3.63) is 131 Å². The Morgan fingerprint density at radius 1 is 0.632 bits per heavy atom. The number of benzene rings is 5. The molecule has 0 atom stereocenters. The summed E-state index contributed by atoms with van der Waals surface area (Å²) in [6.45, 7) is 8.46. The van der Waals surface area contributed by atoms with Gasteiger partial charge in [-0.2, -0.15) is 0 Å². The molecule has 1 aliphatic carbocycles. The number of hydrogen-bond donors (Lipinski definition) is 1. The molecule has 3 nitrogen and oxygen atoms in total. The van der Waals surface area contributed by atoms with Crippen molar-refractivity contribution in [2.24, 2.45) is 4.99 Å². The highest BCUT2D eigenvalue weighted by molar-refractivity contribution is 6.02. The van der Waals surface area contributed by atoms with E-state index in [0.29, 0.717) is 0 Å². The zero-order valence-electron chi connectivity index (χ0n) is 22.2. The topological polar surface area (TPSA) is 37.5 Å². The van der Waals surface area contributed by atoms with E-state index in [2.05, 4.69) is 136 Å². The van der Waals surface area contributed by atoms with Crippen molar-refractivity contribution in [3.8, 4) is 22.5 Å². The number of aryl methyl sites for hydroxylation is 4. The molecule has 3 heteroatoms. The summed E-state index contributed by atoms with van der Waals surface area (Å²) >= 11 is 0. The third kappa shape index (κ3) is 4.37. The molecule has 2 aliphatic rings. The summed E-state index contributed by atoms with van der Waals surface area (Å²) in [5.74, 6) is 0.813. The average molecular weight is 495 g/mol. The fraction of sp³-hybridized carbons (Fsp3) is 0.114. The third-order valence-corrected chi connectivity index (χ3v) is 7.20. The van der Waals surface area contributed by atoms with Gasteiger partial charge in [0, 0.05) is 40.0 Å². The van der Waals surface area contributed by atoms with Gasteiger partial charge in [0.2, 0.25) is 0 Å². The van der Waals surface area contributed by atoms with E-state index in [1.54, 1.807) is 0 Å². The van der Waals surface area contributed by atoms with Gasteiger partial charge in [0.15, 0.2) is 0 Å². The molecule has 186 valence electrons. The van der Waals surface area contributed by atoms with Gasteiger partial charge in [0.1, 0.15) is 11.3 Å². The van der Waals surface area contributed by atoms with Crippen LogP contribution in [-0.4, -0.2) is 0 Å². The Hall–Kier alpha value is -4.63. The average Bonchev–Trinajstić information content (AvgIpc) is 2.92. The van der Waals surface area contributed by atoms with Gasteiger partial charge in [-0.05, 0) is 79.8 Å². The van der Waals surface area contributed by atoms with Gasteiger partial charge >= 0.3 is 0 Å². The summed E-state index contributed by atoms with van der Waals surface area (Å²) in [4.78, 5) is 4.99. The molecular formula is C35H30N2O. The predicted octanol–water partition coefficient (Wildman–Crippen LogP) is 9.41. The van der Waals surface area contributed by atoms with Crippen LogP contribution in [0.25, 0.3) is 33.4 Å². The van der Waals surface area contributed by atoms with Crippen LogP contribution in [0.3, 0.4) is 0 Å². The monoisotopic (exact) mass is 494 g/mol. The number of hydrogen-bond acceptors (Lipinski definition) is 3. The van der Waals surface area contributed by atoms with Crippen molar-refractivity contribution in [2.75, 3.05) is 5.32 Å². The number of nitrogens with one attached hydrogen (secondary N) is 1. The highest BCUT2D eigenvalue weighted by atomic mass is 16.3. The van der Waals surface area contributed by atoms with Crippen LogP contribution in [0, 0.1) is 27.7 Å². The first-order valence-corrected chi connectivity index (χ1v) is 13.0. The molecular weight excluding hydrogens is 464 g/mol. The van der Waals surface area contributed by atoms with Crippen LogP contribution < -0.4 is 10.7 Å². The minimum atomic E-state index is 0.813. The molecule has 1 aliphatic heterocycles. The van der Waals surface area contributed by atoms with Crippen LogP contribution in [0.2, 0.25) is 0 Å². The van der Waals surface area contributed by atoms with Crippen molar-refractivity contribution in [2.45, 2.75) is 27.7 Å². The van der Waals surface area contributed by atoms with Crippen molar-refractivity contribution in [3.63, 3.8) is 0 Å². The second-order valence-corrected chi connectivity index (χ2v) is 9.98. The van der Waals surface area contributed by atoms with Crippen LogP contribution in [0.15, 0.2) is 113 Å². The molecule has 0 radical (unpaired) electrons. The van der Waals surface area contributed by atoms with Crippen molar-refractivity contribution in [1.29, 1.82) is 0 Å². The maximum Gasteiger partial charge on any atom is 0.137 e. The molecule has 0 unspecified atom stereocenters. The maximum atomic E-state index is 6.59. The third-order valence-electron chi connectivity index (χ3n) is 7.20. The number of nitrogens with zero attached hydrogens (tertiary/aromatic N) is 1. The van der Waals surface area contributed by atoms with Crippen LogP contribution in [0.1, 0.15) is 22.3 Å². The van der Waals surface area contributed by atoms with Gasteiger partial charge in [-0.1, -0.05) is 66.7 Å². The lowest BCUT2D eigenvalue weighted by Crippen LogP contribution is -2.03. The van der Waals surface area contributed by atoms with Crippen molar-refractivity contribution < 1.29 is 4.42 Å². The van der Waals surface area contributed by atoms with Crippen LogP contribution >= 0.6 is 0 Å². The van der Waals surface area contributed by atoms with Gasteiger partial charge in [-0.3, -0.25) is 0 Å². The van der Waals surface area contributed by atoms with E-state index in [-0.39, 0.29) is 0 Å². The van der Waals surface area contributed by atoms with E-state index in [4.69, 9.17) is 9.41 Å². The maximum absolute atomic E-state index is 6.59. The Labute approximate surface area is 223 Å². The van der Waals surface area contributed by atoms with E-state index in [9.17, 15) is 0 Å². The Kier molecular flexibility index (Phi) is 6.05. The number of fused-ring (bicyclic) bond motifs is 2. The first kappa shape index (κ1) is 23.7. The molecule has 4 aromatic carbocycles. The zero-order valence-corrected chi connectivity index (χ0v) is 22.2. The molecule has 1 heterocycles. The summed E-state index contributed by atoms with van der Waals surface area (Å²) in [6, 6.07) is 35.8. The van der Waals surface area contributed by atoms with Crippen LogP contribution in [0.5, 0.6) is 0 Å². The Morgan fingerprint density at radius 2 is 1.32 bits per heavy atom. The summed E-state index contributed by atoms with van der Waals surface area (Å²) in [7, 11) is 0. The molecule has 4 aromatic rings. The number of anilines is 2. The lowest BCUT2D eigenvalue weighted by Gasteiger charge is -2.17. The molecule has 0 bridgehead atoms. The Balaban J connectivity index is 1.57. The minimum Gasteiger partial charge on any atom is -0.456 e. The highest BCUT2D eigenvalue weighted by Crippen LogP contribution is 2.41. The van der Waals surface area contributed by atoms with Crippen molar-refractivity contribution >= 4 is 28.0 Å². The normalized spacial score (nSPS) is 11.8. The standard InChI is InChI=1S/C35H30N2O/c1-22-10-8-11-23(2)34(22)36-27-16-18-29-31(20-27)38-32-21-28(37-35-24(3)12-9-13-25(35)4)17-19-30(32)33(29)26-14-6-5-7-15-26/h5-21,36H,1-4H3. The molecule has 0 saturated carbocycles. The summed E-state index contributed by atoms with van der Waals surface area (Å²) in [5, 5.41) is 5.57. The summed E-state index contributed by atoms with van der Waals surface area (Å²) in [5.41, 5.74) is 12.1. The Morgan fingerprint density at radius 3 is 2.03 bits per heavy atom. The van der Waals surface area contributed by atoms with E-state index in [0.717, 1.165) is 61.4 Å². The molecule has 6 rings (SSSR count). The Bertz CT molecular complexity index is 1790. The van der Waals surface area contributed by atoms with Gasteiger partial charge in [0.05, 0.1) is 11.0 Å². The van der Waals surface area contributed by atoms with Gasteiger partial charge in [-0.25, -0.2) is 4.99 Å². The molecule has 0 aromatic heterocycles. The van der Waals surface area contributed by atoms with E-state index >= 15 is 0 Å². The first-order chi connectivity index (χ1) is 18.5. The van der Waals surface area contributed by atoms with Crippen LogP contribution in [0.4, 0.5) is 17.1 Å². The number of para-hydroxylation sites is 2. The first-order valence-electron chi connectivity index (χ1n) is 13.0.